The number of rotatable bonds is 0. The Morgan fingerprint density at radius 3 is 2.29 bits per heavy atom. The number of hydrogen-bond donors (Lipinski definition) is 0. The Bertz CT molecular complexity index is 404. The normalized spacial score (nSPS) is 21.4. The zero-order chi connectivity index (χ0) is 12.8. The minimum atomic E-state index is 0.105. The molecule has 3 heteroatoms. The van der Waals surface area contributed by atoms with Crippen LogP contribution in [0.15, 0.2) is 0 Å². The van der Waals surface area contributed by atoms with Gasteiger partial charge in [0.1, 0.15) is 0 Å². The van der Waals surface area contributed by atoms with Crippen molar-refractivity contribution in [2.75, 3.05) is 0 Å². The Balaban J connectivity index is 2.46. The largest absolute Gasteiger partial charge is 0.246 e. The second-order valence-electron chi connectivity index (χ2n) is 7.35. The predicted octanol–water partition coefficient (Wildman–Crippen LogP) is 3.50. The molecule has 1 aliphatic heterocycles. The molecule has 0 fully saturated rings. The molecular formula is C14H25N3. The van der Waals surface area contributed by atoms with E-state index >= 15 is 0 Å². The van der Waals surface area contributed by atoms with Crippen LogP contribution in [0.25, 0.3) is 0 Å². The van der Waals surface area contributed by atoms with Gasteiger partial charge < -0.3 is 0 Å². The van der Waals surface area contributed by atoms with Gasteiger partial charge in [0.25, 0.3) is 0 Å². The maximum Gasteiger partial charge on any atom is 0.0912 e. The molecule has 0 aromatic carbocycles. The Morgan fingerprint density at radius 1 is 1.12 bits per heavy atom. The third kappa shape index (κ3) is 2.24. The van der Waals surface area contributed by atoms with Gasteiger partial charge in [-0.1, -0.05) is 46.8 Å². The molecule has 1 aliphatic rings. The molecule has 0 bridgehead atoms. The molecule has 0 aliphatic carbocycles. The molecule has 1 atom stereocenters. The first-order valence-electron chi connectivity index (χ1n) is 6.66. The van der Waals surface area contributed by atoms with Crippen LogP contribution in [-0.4, -0.2) is 15.0 Å². The van der Waals surface area contributed by atoms with Crippen molar-refractivity contribution in [2.45, 2.75) is 72.3 Å². The third-order valence-electron chi connectivity index (χ3n) is 3.69. The average molecular weight is 235 g/mol. The molecule has 0 amide bonds. The number of nitrogens with zero attached hydrogens (tertiary/aromatic N) is 3. The molecule has 0 saturated heterocycles. The SMILES string of the molecule is CC(C)(C)c1nnn2c1CCCC2C(C)(C)C. The summed E-state index contributed by atoms with van der Waals surface area (Å²) in [5.41, 5.74) is 2.92. The van der Waals surface area contributed by atoms with Crippen molar-refractivity contribution in [3.8, 4) is 0 Å². The minimum Gasteiger partial charge on any atom is -0.246 e. The highest BCUT2D eigenvalue weighted by Crippen LogP contribution is 2.39. The van der Waals surface area contributed by atoms with Crippen LogP contribution < -0.4 is 0 Å². The second kappa shape index (κ2) is 3.82. The minimum absolute atomic E-state index is 0.105. The number of fused-ring (bicyclic) bond motifs is 1. The molecule has 1 unspecified atom stereocenters. The van der Waals surface area contributed by atoms with Crippen molar-refractivity contribution >= 4 is 0 Å². The van der Waals surface area contributed by atoms with Crippen LogP contribution in [0.5, 0.6) is 0 Å². The lowest BCUT2D eigenvalue weighted by Gasteiger charge is -2.35. The Hall–Kier alpha value is -0.860. The van der Waals surface area contributed by atoms with Crippen molar-refractivity contribution in [3.63, 3.8) is 0 Å². The van der Waals surface area contributed by atoms with Crippen LogP contribution in [-0.2, 0) is 11.8 Å². The maximum absolute atomic E-state index is 4.45. The fourth-order valence-electron chi connectivity index (χ4n) is 2.76. The summed E-state index contributed by atoms with van der Waals surface area (Å²) in [5, 5.41) is 8.88. The van der Waals surface area contributed by atoms with Crippen molar-refractivity contribution in [1.82, 2.24) is 15.0 Å². The van der Waals surface area contributed by atoms with Crippen LogP contribution in [0.2, 0.25) is 0 Å². The van der Waals surface area contributed by atoms with Crippen molar-refractivity contribution in [2.24, 2.45) is 5.41 Å². The first-order chi connectivity index (χ1) is 7.71. The van der Waals surface area contributed by atoms with E-state index in [1.807, 2.05) is 0 Å². The molecule has 1 aromatic heterocycles. The van der Waals surface area contributed by atoms with E-state index in [2.05, 4.69) is 56.5 Å². The van der Waals surface area contributed by atoms with Crippen LogP contribution in [0.4, 0.5) is 0 Å². The quantitative estimate of drug-likeness (QED) is 0.689. The summed E-state index contributed by atoms with van der Waals surface area (Å²) < 4.78 is 2.20. The van der Waals surface area contributed by atoms with Crippen LogP contribution in [0.1, 0.15) is 71.8 Å². The van der Waals surface area contributed by atoms with Crippen molar-refractivity contribution in [1.29, 1.82) is 0 Å². The van der Waals surface area contributed by atoms with Gasteiger partial charge in [-0.25, -0.2) is 4.68 Å². The summed E-state index contributed by atoms with van der Waals surface area (Å²) in [6.45, 7) is 13.6. The highest BCUT2D eigenvalue weighted by molar-refractivity contribution is 5.21. The number of hydrogen-bond acceptors (Lipinski definition) is 2. The van der Waals surface area contributed by atoms with Crippen LogP contribution in [0, 0.1) is 5.41 Å². The van der Waals surface area contributed by atoms with Gasteiger partial charge in [-0.15, -0.1) is 5.10 Å². The van der Waals surface area contributed by atoms with Gasteiger partial charge >= 0.3 is 0 Å². The van der Waals surface area contributed by atoms with E-state index in [1.165, 1.54) is 24.2 Å². The standard InChI is InChI=1S/C14H25N3/c1-13(2,3)11-9-7-8-10-12(14(4,5)6)15-16-17(10)11/h11H,7-9H2,1-6H3. The molecular weight excluding hydrogens is 210 g/mol. The van der Waals surface area contributed by atoms with E-state index in [1.54, 1.807) is 0 Å². The molecule has 17 heavy (non-hydrogen) atoms. The molecule has 0 radical (unpaired) electrons. The lowest BCUT2D eigenvalue weighted by atomic mass is 9.80. The van der Waals surface area contributed by atoms with Gasteiger partial charge in [0, 0.05) is 5.41 Å². The fraction of sp³-hybridized carbons (Fsp3) is 0.857. The van der Waals surface area contributed by atoms with E-state index in [0.29, 0.717) is 6.04 Å². The highest BCUT2D eigenvalue weighted by atomic mass is 15.5. The Labute approximate surface area is 105 Å². The molecule has 0 N–H and O–H groups in total. The summed E-state index contributed by atoms with van der Waals surface area (Å²) in [6.07, 6.45) is 3.62. The fourth-order valence-corrected chi connectivity index (χ4v) is 2.76. The summed E-state index contributed by atoms with van der Waals surface area (Å²) in [7, 11) is 0. The zero-order valence-corrected chi connectivity index (χ0v) is 12.0. The highest BCUT2D eigenvalue weighted by Gasteiger charge is 2.35. The van der Waals surface area contributed by atoms with E-state index in [-0.39, 0.29) is 10.8 Å². The second-order valence-corrected chi connectivity index (χ2v) is 7.35. The van der Waals surface area contributed by atoms with E-state index < -0.39 is 0 Å². The number of aromatic nitrogens is 3. The molecule has 2 rings (SSSR count). The summed E-state index contributed by atoms with van der Waals surface area (Å²) in [5.74, 6) is 0. The van der Waals surface area contributed by atoms with Gasteiger partial charge in [-0.05, 0) is 24.7 Å². The average Bonchev–Trinajstić information content (AvgIpc) is 2.57. The van der Waals surface area contributed by atoms with Crippen molar-refractivity contribution < 1.29 is 0 Å². The van der Waals surface area contributed by atoms with Crippen LogP contribution >= 0.6 is 0 Å². The van der Waals surface area contributed by atoms with Gasteiger partial charge in [0.05, 0.1) is 17.4 Å². The molecule has 3 nitrogen and oxygen atoms in total. The van der Waals surface area contributed by atoms with Gasteiger partial charge in [0.2, 0.25) is 0 Å². The lowest BCUT2D eigenvalue weighted by molar-refractivity contribution is 0.186. The summed E-state index contributed by atoms with van der Waals surface area (Å²) >= 11 is 0. The molecule has 0 saturated carbocycles. The van der Waals surface area contributed by atoms with Gasteiger partial charge in [0.15, 0.2) is 0 Å². The van der Waals surface area contributed by atoms with Crippen LogP contribution in [0.3, 0.4) is 0 Å². The first-order valence-corrected chi connectivity index (χ1v) is 6.66. The molecule has 0 spiro atoms. The van der Waals surface area contributed by atoms with E-state index in [4.69, 9.17) is 0 Å². The van der Waals surface area contributed by atoms with E-state index in [0.717, 1.165) is 6.42 Å². The first kappa shape index (κ1) is 12.6. The van der Waals surface area contributed by atoms with Crippen molar-refractivity contribution in [3.05, 3.63) is 11.4 Å². The Kier molecular flexibility index (Phi) is 2.83. The molecule has 2 heterocycles. The van der Waals surface area contributed by atoms with Gasteiger partial charge in [-0.3, -0.25) is 0 Å². The maximum atomic E-state index is 4.45. The predicted molar refractivity (Wildman–Crippen MR) is 70.2 cm³/mol. The monoisotopic (exact) mass is 235 g/mol. The Morgan fingerprint density at radius 2 is 1.76 bits per heavy atom. The zero-order valence-electron chi connectivity index (χ0n) is 12.0. The smallest absolute Gasteiger partial charge is 0.0912 e. The lowest BCUT2D eigenvalue weighted by Crippen LogP contribution is -2.30. The molecule has 1 aromatic rings. The topological polar surface area (TPSA) is 30.7 Å². The third-order valence-corrected chi connectivity index (χ3v) is 3.69. The van der Waals surface area contributed by atoms with Gasteiger partial charge in [-0.2, -0.15) is 0 Å². The summed E-state index contributed by atoms with van der Waals surface area (Å²) in [4.78, 5) is 0. The summed E-state index contributed by atoms with van der Waals surface area (Å²) in [6, 6.07) is 0.495. The molecule has 96 valence electrons. The van der Waals surface area contributed by atoms with E-state index in [9.17, 15) is 0 Å².